The molecule has 2 unspecified atom stereocenters. The van der Waals surface area contributed by atoms with E-state index in [1.54, 1.807) is 0 Å². The van der Waals surface area contributed by atoms with Crippen LogP contribution in [0.4, 0.5) is 0 Å². The molecule has 0 bridgehead atoms. The van der Waals surface area contributed by atoms with Crippen molar-refractivity contribution in [2.75, 3.05) is 6.61 Å². The van der Waals surface area contributed by atoms with Crippen LogP contribution in [-0.4, -0.2) is 23.9 Å². The van der Waals surface area contributed by atoms with E-state index in [1.807, 2.05) is 6.07 Å². The van der Waals surface area contributed by atoms with Gasteiger partial charge in [-0.25, -0.2) is 0 Å². The molecule has 0 spiro atoms. The molecule has 2 aliphatic rings. The molecule has 1 aromatic carbocycles. The van der Waals surface area contributed by atoms with Crippen LogP contribution in [0.15, 0.2) is 29.8 Å². The largest absolute Gasteiger partial charge is 0.493 e. The van der Waals surface area contributed by atoms with Gasteiger partial charge in [0.1, 0.15) is 17.1 Å². The molecule has 0 amide bonds. The van der Waals surface area contributed by atoms with Gasteiger partial charge in [0.15, 0.2) is 0 Å². The molecule has 2 atom stereocenters. The number of hydrogen-bond acceptors (Lipinski definition) is 3. The molecule has 0 aromatic heterocycles. The third-order valence-electron chi connectivity index (χ3n) is 5.50. The van der Waals surface area contributed by atoms with E-state index < -0.39 is 0 Å². The molecule has 1 saturated heterocycles. The van der Waals surface area contributed by atoms with Crippen molar-refractivity contribution >= 4 is 0 Å². The van der Waals surface area contributed by atoms with Crippen molar-refractivity contribution in [3.8, 4) is 11.5 Å². The van der Waals surface area contributed by atoms with Gasteiger partial charge in [0.2, 0.25) is 0 Å². The molecule has 1 aromatic rings. The van der Waals surface area contributed by atoms with Crippen molar-refractivity contribution in [3.05, 3.63) is 35.4 Å². The summed E-state index contributed by atoms with van der Waals surface area (Å²) < 4.78 is 17.7. The maximum absolute atomic E-state index is 5.97. The van der Waals surface area contributed by atoms with Crippen molar-refractivity contribution in [1.82, 2.24) is 0 Å². The molecular formula is C23H34O3. The Morgan fingerprint density at radius 3 is 2.88 bits per heavy atom. The topological polar surface area (TPSA) is 31.0 Å². The Hall–Kier alpha value is -1.48. The summed E-state index contributed by atoms with van der Waals surface area (Å²) in [5.74, 6) is 1.87. The van der Waals surface area contributed by atoms with Crippen molar-refractivity contribution in [2.45, 2.75) is 90.4 Å². The number of ether oxygens (including phenoxy) is 3. The Morgan fingerprint density at radius 1 is 1.31 bits per heavy atom. The highest BCUT2D eigenvalue weighted by atomic mass is 16.6. The van der Waals surface area contributed by atoms with Gasteiger partial charge in [0, 0.05) is 12.5 Å². The second kappa shape index (κ2) is 7.64. The zero-order chi connectivity index (χ0) is 18.8. The molecule has 3 rings (SSSR count). The molecule has 1 fully saturated rings. The summed E-state index contributed by atoms with van der Waals surface area (Å²) >= 11 is 0. The molecule has 0 N–H and O–H groups in total. The minimum atomic E-state index is -0.0979. The Morgan fingerprint density at radius 2 is 2.12 bits per heavy atom. The zero-order valence-electron chi connectivity index (χ0n) is 17.1. The highest BCUT2D eigenvalue weighted by Crippen LogP contribution is 2.43. The third-order valence-corrected chi connectivity index (χ3v) is 5.50. The van der Waals surface area contributed by atoms with Crippen molar-refractivity contribution in [2.24, 2.45) is 0 Å². The van der Waals surface area contributed by atoms with E-state index in [9.17, 15) is 0 Å². The average Bonchev–Trinajstić information content (AvgIpc) is 3.09. The highest BCUT2D eigenvalue weighted by molar-refractivity contribution is 5.44. The van der Waals surface area contributed by atoms with Crippen LogP contribution < -0.4 is 9.47 Å². The Balaban J connectivity index is 1.37. The van der Waals surface area contributed by atoms with Crippen molar-refractivity contribution < 1.29 is 14.2 Å². The van der Waals surface area contributed by atoms with Gasteiger partial charge in [0.25, 0.3) is 0 Å². The SMILES string of the molecule is CCCC1(C)OC1CC/C(C)=C/CCOc1ccc2c(c1)OC(C)(C)C2. The molecule has 0 radical (unpaired) electrons. The molecule has 2 heterocycles. The van der Waals surface area contributed by atoms with Gasteiger partial charge in [-0.15, -0.1) is 0 Å². The normalized spacial score (nSPS) is 26.3. The van der Waals surface area contributed by atoms with Crippen LogP contribution in [-0.2, 0) is 11.2 Å². The fourth-order valence-corrected chi connectivity index (χ4v) is 3.97. The molecule has 3 heteroatoms. The van der Waals surface area contributed by atoms with Crippen LogP contribution in [0, 0.1) is 0 Å². The number of rotatable bonds is 9. The first kappa shape index (κ1) is 19.3. The summed E-state index contributed by atoms with van der Waals surface area (Å²) in [5.41, 5.74) is 2.76. The predicted molar refractivity (Wildman–Crippen MR) is 106 cm³/mol. The second-order valence-electron chi connectivity index (χ2n) is 8.70. The molecule has 0 aliphatic carbocycles. The first-order valence-electron chi connectivity index (χ1n) is 10.1. The van der Waals surface area contributed by atoms with Gasteiger partial charge in [-0.2, -0.15) is 0 Å². The van der Waals surface area contributed by atoms with Gasteiger partial charge < -0.3 is 14.2 Å². The van der Waals surface area contributed by atoms with Crippen LogP contribution in [0.1, 0.15) is 72.3 Å². The quantitative estimate of drug-likeness (QED) is 0.315. The zero-order valence-corrected chi connectivity index (χ0v) is 17.1. The minimum absolute atomic E-state index is 0.0979. The van der Waals surface area contributed by atoms with Crippen molar-refractivity contribution in [1.29, 1.82) is 0 Å². The Labute approximate surface area is 158 Å². The summed E-state index contributed by atoms with van der Waals surface area (Å²) in [4.78, 5) is 0. The maximum Gasteiger partial charge on any atom is 0.127 e. The summed E-state index contributed by atoms with van der Waals surface area (Å²) in [5, 5.41) is 0. The van der Waals surface area contributed by atoms with E-state index in [-0.39, 0.29) is 11.2 Å². The van der Waals surface area contributed by atoms with Gasteiger partial charge >= 0.3 is 0 Å². The smallest absolute Gasteiger partial charge is 0.127 e. The van der Waals surface area contributed by atoms with E-state index in [0.29, 0.717) is 12.7 Å². The van der Waals surface area contributed by atoms with Gasteiger partial charge in [-0.3, -0.25) is 0 Å². The van der Waals surface area contributed by atoms with Crippen LogP contribution >= 0.6 is 0 Å². The summed E-state index contributed by atoms with van der Waals surface area (Å²) in [6, 6.07) is 6.21. The molecule has 2 aliphatic heterocycles. The summed E-state index contributed by atoms with van der Waals surface area (Å²) in [6.45, 7) is 11.6. The van der Waals surface area contributed by atoms with Crippen molar-refractivity contribution in [3.63, 3.8) is 0 Å². The van der Waals surface area contributed by atoms with Crippen LogP contribution in [0.3, 0.4) is 0 Å². The van der Waals surface area contributed by atoms with E-state index >= 15 is 0 Å². The molecule has 3 nitrogen and oxygen atoms in total. The minimum Gasteiger partial charge on any atom is -0.493 e. The lowest BCUT2D eigenvalue weighted by molar-refractivity contribution is 0.138. The molecular weight excluding hydrogens is 324 g/mol. The van der Waals surface area contributed by atoms with Gasteiger partial charge in [0.05, 0.1) is 18.3 Å². The third kappa shape index (κ3) is 4.82. The van der Waals surface area contributed by atoms with Crippen LogP contribution in [0.2, 0.25) is 0 Å². The van der Waals surface area contributed by atoms with E-state index in [2.05, 4.69) is 52.8 Å². The highest BCUT2D eigenvalue weighted by Gasteiger charge is 2.50. The summed E-state index contributed by atoms with van der Waals surface area (Å²) in [6.07, 6.45) is 9.29. The fraction of sp³-hybridized carbons (Fsp3) is 0.652. The van der Waals surface area contributed by atoms with Gasteiger partial charge in [-0.1, -0.05) is 31.1 Å². The van der Waals surface area contributed by atoms with E-state index in [0.717, 1.165) is 37.2 Å². The standard InChI is InChI=1S/C23H34O3/c1-6-13-23(5)21(26-23)12-9-17(2)8-7-14-24-19-11-10-18-16-22(3,4)25-20(18)15-19/h8,10-11,15,21H,6-7,9,12-14,16H2,1-5H3/b17-8+. The lowest BCUT2D eigenvalue weighted by Crippen LogP contribution is -2.24. The number of epoxide rings is 1. The first-order valence-corrected chi connectivity index (χ1v) is 10.1. The molecule has 144 valence electrons. The Bertz CT molecular complexity index is 661. The number of allylic oxidation sites excluding steroid dienone is 1. The number of hydrogen-bond donors (Lipinski definition) is 0. The molecule has 26 heavy (non-hydrogen) atoms. The first-order chi connectivity index (χ1) is 12.3. The molecule has 0 saturated carbocycles. The van der Waals surface area contributed by atoms with E-state index in [4.69, 9.17) is 14.2 Å². The van der Waals surface area contributed by atoms with E-state index in [1.165, 1.54) is 24.0 Å². The van der Waals surface area contributed by atoms with Gasteiger partial charge in [-0.05, 0) is 65.0 Å². The summed E-state index contributed by atoms with van der Waals surface area (Å²) in [7, 11) is 0. The van der Waals surface area contributed by atoms with Crippen LogP contribution in [0.25, 0.3) is 0 Å². The second-order valence-corrected chi connectivity index (χ2v) is 8.70. The fourth-order valence-electron chi connectivity index (χ4n) is 3.97. The average molecular weight is 359 g/mol. The van der Waals surface area contributed by atoms with Crippen LogP contribution in [0.5, 0.6) is 11.5 Å². The predicted octanol–water partition coefficient (Wildman–Crippen LogP) is 5.85. The Kier molecular flexibility index (Phi) is 5.67. The monoisotopic (exact) mass is 358 g/mol. The lowest BCUT2D eigenvalue weighted by atomic mass is 9.97. The number of benzene rings is 1. The number of fused-ring (bicyclic) bond motifs is 1. The lowest BCUT2D eigenvalue weighted by Gasteiger charge is -2.16. The maximum atomic E-state index is 5.97.